The zero-order valence-corrected chi connectivity index (χ0v) is 21.6. The zero-order chi connectivity index (χ0) is 28.0. The lowest BCUT2D eigenvalue weighted by Gasteiger charge is -2.67. The molecule has 7 rings (SSSR count). The van der Waals surface area contributed by atoms with Gasteiger partial charge in [0.2, 0.25) is 0 Å². The van der Waals surface area contributed by atoms with Gasteiger partial charge in [0.05, 0.1) is 11.0 Å². The Morgan fingerprint density at radius 3 is 2.55 bits per heavy atom. The number of nitrogens with two attached hydrogens (primary N) is 1. The van der Waals surface area contributed by atoms with Crippen LogP contribution < -0.4 is 20.1 Å². The van der Waals surface area contributed by atoms with E-state index in [1.807, 2.05) is 18.2 Å². The second kappa shape index (κ2) is 8.45. The van der Waals surface area contributed by atoms with E-state index >= 15 is 0 Å². The van der Waals surface area contributed by atoms with Gasteiger partial charge in [0.15, 0.2) is 23.4 Å². The summed E-state index contributed by atoms with van der Waals surface area (Å²) in [4.78, 5) is 42.9. The fourth-order valence-electron chi connectivity index (χ4n) is 8.08. The van der Waals surface area contributed by atoms with Crippen LogP contribution >= 0.6 is 0 Å². The molecule has 1 spiro atoms. The number of rotatable bonds is 5. The molecule has 2 bridgehead atoms. The number of amides is 2. The van der Waals surface area contributed by atoms with E-state index in [9.17, 15) is 27.6 Å². The minimum Gasteiger partial charge on any atom is -0.477 e. The molecule has 0 radical (unpaired) electrons. The summed E-state index contributed by atoms with van der Waals surface area (Å²) in [6.07, 6.45) is -2.65. The topological polar surface area (TPSA) is 102 Å². The number of carbonyl (C=O) groups is 3. The summed E-state index contributed by atoms with van der Waals surface area (Å²) >= 11 is 0. The average molecular weight is 556 g/mol. The van der Waals surface area contributed by atoms with E-state index in [0.717, 1.165) is 24.9 Å². The highest BCUT2D eigenvalue weighted by Gasteiger charge is 2.76. The minimum atomic E-state index is -5.21. The number of piperidine rings is 1. The van der Waals surface area contributed by atoms with Crippen molar-refractivity contribution in [3.05, 3.63) is 53.6 Å². The Morgan fingerprint density at radius 1 is 1.12 bits per heavy atom. The summed E-state index contributed by atoms with van der Waals surface area (Å²) < 4.78 is 50.6. The van der Waals surface area contributed by atoms with Gasteiger partial charge in [0.25, 0.3) is 0 Å². The fraction of sp³-hybridized carbons (Fsp3) is 0.483. The summed E-state index contributed by atoms with van der Waals surface area (Å²) in [6.45, 7) is 1.48. The highest BCUT2D eigenvalue weighted by molar-refractivity contribution is 5.97. The second-order valence-electron chi connectivity index (χ2n) is 11.6. The molecule has 2 saturated carbocycles. The molecule has 3 fully saturated rings. The molecule has 3 aliphatic carbocycles. The molecule has 2 aromatic carbocycles. The Morgan fingerprint density at radius 2 is 1.88 bits per heavy atom. The number of alkyl halides is 3. The van der Waals surface area contributed by atoms with Gasteiger partial charge in [-0.05, 0) is 68.3 Å². The molecule has 2 aliphatic heterocycles. The molecule has 2 amide bonds. The van der Waals surface area contributed by atoms with Crippen LogP contribution in [0.2, 0.25) is 0 Å². The van der Waals surface area contributed by atoms with Crippen LogP contribution in [0.25, 0.3) is 0 Å². The van der Waals surface area contributed by atoms with E-state index in [1.165, 1.54) is 6.07 Å². The number of benzene rings is 2. The maximum Gasteiger partial charge on any atom is 0.491 e. The number of para-hydroxylation sites is 1. The largest absolute Gasteiger partial charge is 0.491 e. The maximum atomic E-state index is 13.6. The normalized spacial score (nSPS) is 30.3. The lowest BCUT2D eigenvalue weighted by atomic mass is 9.46. The second-order valence-corrected chi connectivity index (χ2v) is 11.6. The number of halogens is 3. The molecule has 210 valence electrons. The van der Waals surface area contributed by atoms with Crippen molar-refractivity contribution >= 4 is 23.5 Å². The molecule has 11 heteroatoms. The molecular weight excluding hydrogens is 527 g/mol. The van der Waals surface area contributed by atoms with E-state index in [1.54, 1.807) is 23.1 Å². The summed E-state index contributed by atoms with van der Waals surface area (Å²) in [6, 6.07) is 11.2. The van der Waals surface area contributed by atoms with Gasteiger partial charge in [0.1, 0.15) is 0 Å². The smallest absolute Gasteiger partial charge is 0.477 e. The van der Waals surface area contributed by atoms with Gasteiger partial charge in [-0.1, -0.05) is 24.3 Å². The molecule has 40 heavy (non-hydrogen) atoms. The highest BCUT2D eigenvalue weighted by Crippen LogP contribution is 2.67. The Labute approximate surface area is 228 Å². The first-order chi connectivity index (χ1) is 19.1. The number of primary amides is 1. The third-order valence-electron chi connectivity index (χ3n) is 9.61. The van der Waals surface area contributed by atoms with Crippen LogP contribution in [0.4, 0.5) is 23.7 Å². The van der Waals surface area contributed by atoms with E-state index in [4.69, 9.17) is 15.2 Å². The van der Waals surface area contributed by atoms with Crippen molar-refractivity contribution in [3.8, 4) is 11.5 Å². The van der Waals surface area contributed by atoms with Crippen LogP contribution in [0.5, 0.6) is 11.5 Å². The van der Waals surface area contributed by atoms with Gasteiger partial charge in [0, 0.05) is 30.3 Å². The first kappa shape index (κ1) is 25.4. The third-order valence-corrected chi connectivity index (χ3v) is 9.61. The summed E-state index contributed by atoms with van der Waals surface area (Å²) in [5.74, 6) is -2.40. The predicted molar refractivity (Wildman–Crippen MR) is 136 cm³/mol. The number of hydrogen-bond acceptors (Lipinski definition) is 6. The van der Waals surface area contributed by atoms with E-state index in [0.29, 0.717) is 43.0 Å². The number of anilines is 1. The Hall–Kier alpha value is -3.60. The molecular formula is C29H28F3N3O5. The number of ketones is 1. The summed E-state index contributed by atoms with van der Waals surface area (Å²) in [5.41, 5.74) is 6.03. The van der Waals surface area contributed by atoms with Gasteiger partial charge >= 0.3 is 18.2 Å². The predicted octanol–water partition coefficient (Wildman–Crippen LogP) is 3.88. The van der Waals surface area contributed by atoms with Crippen molar-refractivity contribution in [2.75, 3.05) is 18.0 Å². The van der Waals surface area contributed by atoms with Crippen LogP contribution in [-0.4, -0.2) is 59.6 Å². The van der Waals surface area contributed by atoms with E-state index in [-0.39, 0.29) is 29.7 Å². The first-order valence-electron chi connectivity index (χ1n) is 13.6. The summed E-state index contributed by atoms with van der Waals surface area (Å²) in [7, 11) is 0. The van der Waals surface area contributed by atoms with Crippen LogP contribution in [0.15, 0.2) is 42.5 Å². The molecule has 5 aliphatic rings. The van der Waals surface area contributed by atoms with Gasteiger partial charge in [-0.15, -0.1) is 0 Å². The first-order valence-corrected chi connectivity index (χ1v) is 13.6. The van der Waals surface area contributed by atoms with E-state index in [2.05, 4.69) is 4.90 Å². The molecule has 1 unspecified atom stereocenters. The number of carbonyl (C=O) groups excluding carboxylic acids is 3. The SMILES string of the molecule is NC(=O)N(c1ccccc1)[C@@]12CCC(=O)C3Oc4c(OC(=O)C(F)(F)F)ccc5c4[C@@]31CCN(CC1CC1)[C@@H]2C5. The molecule has 1 saturated heterocycles. The van der Waals surface area contributed by atoms with Crippen LogP contribution in [0.1, 0.15) is 43.2 Å². The average Bonchev–Trinajstić information content (AvgIpc) is 3.65. The van der Waals surface area contributed by atoms with Gasteiger partial charge in [-0.2, -0.15) is 13.2 Å². The molecule has 2 heterocycles. The number of likely N-dealkylation sites (tertiary alicyclic amines) is 1. The van der Waals surface area contributed by atoms with Gasteiger partial charge < -0.3 is 15.2 Å². The minimum absolute atomic E-state index is 0.0219. The standard InChI is InChI=1S/C29H28F3N3O5/c30-29(31,32)25(37)39-20-9-8-17-14-21-28(35(26(33)38)18-4-2-1-3-5-18)11-10-19(36)24-27(28,22(17)23(20)40-24)12-13-34(21)15-16-6-7-16/h1-5,8-9,16,21,24H,6-7,10-15H2,(H2,33,38)/t21-,24?,27+,28-/m1/s1. The lowest BCUT2D eigenvalue weighted by molar-refractivity contribution is -0.189. The highest BCUT2D eigenvalue weighted by atomic mass is 19.4. The quantitative estimate of drug-likeness (QED) is 0.444. The number of ether oxygens (including phenoxy) is 2. The number of esters is 1. The van der Waals surface area contributed by atoms with Crippen molar-refractivity contribution in [1.82, 2.24) is 4.90 Å². The number of nitrogens with zero attached hydrogens (tertiary/aromatic N) is 2. The van der Waals surface area contributed by atoms with Crippen molar-refractivity contribution in [2.45, 2.75) is 67.8 Å². The van der Waals surface area contributed by atoms with Gasteiger partial charge in [-0.3, -0.25) is 14.6 Å². The van der Waals surface area contributed by atoms with Crippen molar-refractivity contribution in [2.24, 2.45) is 11.7 Å². The van der Waals surface area contributed by atoms with Gasteiger partial charge in [-0.25, -0.2) is 9.59 Å². The lowest BCUT2D eigenvalue weighted by Crippen LogP contribution is -2.83. The number of urea groups is 1. The number of Topliss-reactive ketones (excluding diaryl/α,β-unsaturated/α-hetero) is 1. The third kappa shape index (κ3) is 3.33. The maximum absolute atomic E-state index is 13.6. The Bertz CT molecular complexity index is 1430. The van der Waals surface area contributed by atoms with Crippen molar-refractivity contribution in [1.29, 1.82) is 0 Å². The molecule has 0 aromatic heterocycles. The monoisotopic (exact) mass is 555 g/mol. The zero-order valence-electron chi connectivity index (χ0n) is 21.6. The molecule has 2 N–H and O–H groups in total. The summed E-state index contributed by atoms with van der Waals surface area (Å²) in [5, 5.41) is 0. The fourth-order valence-corrected chi connectivity index (χ4v) is 8.08. The molecule has 2 aromatic rings. The van der Waals surface area contributed by atoms with Crippen LogP contribution in [0, 0.1) is 5.92 Å². The van der Waals surface area contributed by atoms with Crippen LogP contribution in [0.3, 0.4) is 0 Å². The number of hydrogen-bond donors (Lipinski definition) is 1. The Kier molecular flexibility index (Phi) is 5.36. The Balaban J connectivity index is 1.48. The van der Waals surface area contributed by atoms with E-state index < -0.39 is 35.2 Å². The van der Waals surface area contributed by atoms with Crippen LogP contribution in [-0.2, 0) is 21.4 Å². The van der Waals surface area contributed by atoms with Crippen molar-refractivity contribution < 1.29 is 37.0 Å². The van der Waals surface area contributed by atoms with Crippen molar-refractivity contribution in [3.63, 3.8) is 0 Å². The molecule has 4 atom stereocenters. The molecule has 8 nitrogen and oxygen atoms in total.